The predicted octanol–water partition coefficient (Wildman–Crippen LogP) is 2.67. The van der Waals surface area contributed by atoms with Gasteiger partial charge in [0, 0.05) is 0 Å². The monoisotopic (exact) mass is 264 g/mol. The Morgan fingerprint density at radius 3 is 2.89 bits per heavy atom. The zero-order valence-electron chi connectivity index (χ0n) is 12.0. The maximum atomic E-state index is 12.4. The molecule has 2 rings (SSSR count). The number of amides is 1. The minimum atomic E-state index is -0.715. The van der Waals surface area contributed by atoms with Crippen LogP contribution in [-0.2, 0) is 4.79 Å². The van der Waals surface area contributed by atoms with Crippen LogP contribution >= 0.6 is 0 Å². The van der Waals surface area contributed by atoms with Crippen LogP contribution in [0, 0.1) is 12.8 Å². The molecule has 3 atom stereocenters. The first-order valence-electron chi connectivity index (χ1n) is 7.07. The van der Waals surface area contributed by atoms with Crippen LogP contribution in [0.4, 0.5) is 0 Å². The molecule has 1 fully saturated rings. The zero-order valence-corrected chi connectivity index (χ0v) is 12.0. The summed E-state index contributed by atoms with van der Waals surface area (Å²) in [5.41, 5.74) is 5.57. The number of nitrogens with one attached hydrogen (secondary N) is 1. The van der Waals surface area contributed by atoms with Gasteiger partial charge in [-0.2, -0.15) is 0 Å². The predicted molar refractivity (Wildman–Crippen MR) is 74.6 cm³/mol. The Hall–Kier alpha value is -1.29. The molecule has 1 saturated carbocycles. The van der Waals surface area contributed by atoms with E-state index in [1.54, 1.807) is 0 Å². The van der Waals surface area contributed by atoms with E-state index in [1.807, 2.05) is 26.0 Å². The molecule has 0 bridgehead atoms. The van der Waals surface area contributed by atoms with Crippen molar-refractivity contribution < 1.29 is 9.21 Å². The van der Waals surface area contributed by atoms with Crippen molar-refractivity contribution in [3.63, 3.8) is 0 Å². The van der Waals surface area contributed by atoms with E-state index in [0.717, 1.165) is 30.8 Å². The highest BCUT2D eigenvalue weighted by atomic mass is 16.3. The Kier molecular flexibility index (Phi) is 3.99. The van der Waals surface area contributed by atoms with Crippen LogP contribution in [0.2, 0.25) is 0 Å². The summed E-state index contributed by atoms with van der Waals surface area (Å²) in [5, 5.41) is 2.98. The van der Waals surface area contributed by atoms with Gasteiger partial charge in [-0.25, -0.2) is 0 Å². The van der Waals surface area contributed by atoms with Crippen molar-refractivity contribution in [1.29, 1.82) is 0 Å². The third-order valence-corrected chi connectivity index (χ3v) is 4.02. The number of carbonyl (C=O) groups is 1. The van der Waals surface area contributed by atoms with E-state index in [-0.39, 0.29) is 11.9 Å². The lowest BCUT2D eigenvalue weighted by molar-refractivity contribution is -0.128. The normalized spacial score (nSPS) is 28.9. The molecule has 4 nitrogen and oxygen atoms in total. The number of nitrogens with two attached hydrogens (primary N) is 1. The highest BCUT2D eigenvalue weighted by molar-refractivity contribution is 5.86. The first kappa shape index (κ1) is 14.1. The summed E-state index contributed by atoms with van der Waals surface area (Å²) in [5.74, 6) is 2.09. The minimum Gasteiger partial charge on any atom is -0.464 e. The summed E-state index contributed by atoms with van der Waals surface area (Å²) in [6, 6.07) is 3.66. The first-order chi connectivity index (χ1) is 8.90. The van der Waals surface area contributed by atoms with Crippen LogP contribution in [0.25, 0.3) is 0 Å². The van der Waals surface area contributed by atoms with Crippen molar-refractivity contribution >= 4 is 5.91 Å². The fraction of sp³-hybridized carbons (Fsp3) is 0.667. The highest BCUT2D eigenvalue weighted by Gasteiger charge is 2.38. The van der Waals surface area contributed by atoms with E-state index in [9.17, 15) is 4.79 Å². The van der Waals surface area contributed by atoms with Gasteiger partial charge < -0.3 is 15.5 Å². The van der Waals surface area contributed by atoms with Gasteiger partial charge in [0.1, 0.15) is 11.5 Å². The quantitative estimate of drug-likeness (QED) is 0.882. The molecule has 0 spiro atoms. The topological polar surface area (TPSA) is 68.3 Å². The summed E-state index contributed by atoms with van der Waals surface area (Å²) >= 11 is 0. The molecule has 0 radical (unpaired) electrons. The molecule has 0 saturated heterocycles. The van der Waals surface area contributed by atoms with Gasteiger partial charge in [-0.05, 0) is 44.7 Å². The van der Waals surface area contributed by atoms with E-state index in [4.69, 9.17) is 10.2 Å². The Bertz CT molecular complexity index is 455. The van der Waals surface area contributed by atoms with E-state index in [1.165, 1.54) is 6.42 Å². The molecule has 1 aromatic heterocycles. The smallest absolute Gasteiger partial charge is 0.240 e. The summed E-state index contributed by atoms with van der Waals surface area (Å²) in [4.78, 5) is 12.4. The second-order valence-electron chi connectivity index (χ2n) is 6.00. The van der Waals surface area contributed by atoms with Crippen LogP contribution in [0.3, 0.4) is 0 Å². The van der Waals surface area contributed by atoms with Gasteiger partial charge in [-0.15, -0.1) is 0 Å². The third kappa shape index (κ3) is 3.18. The standard InChI is InChI=1S/C15H24N2O2/c1-10-5-4-8-15(16,9-10)14(18)17-12(3)13-7-6-11(2)19-13/h6-7,10,12H,4-5,8-9,16H2,1-3H3,(H,17,18). The van der Waals surface area contributed by atoms with Gasteiger partial charge >= 0.3 is 0 Å². The Morgan fingerprint density at radius 2 is 2.32 bits per heavy atom. The second-order valence-corrected chi connectivity index (χ2v) is 6.00. The van der Waals surface area contributed by atoms with Crippen molar-refractivity contribution in [3.8, 4) is 0 Å². The molecule has 1 amide bonds. The molecule has 0 aromatic carbocycles. The van der Waals surface area contributed by atoms with Crippen molar-refractivity contribution in [2.24, 2.45) is 11.7 Å². The Balaban J connectivity index is 2.00. The van der Waals surface area contributed by atoms with E-state index in [0.29, 0.717) is 5.92 Å². The van der Waals surface area contributed by atoms with Crippen molar-refractivity contribution in [1.82, 2.24) is 5.32 Å². The molecule has 1 aliphatic carbocycles. The highest BCUT2D eigenvalue weighted by Crippen LogP contribution is 2.31. The summed E-state index contributed by atoms with van der Waals surface area (Å²) < 4.78 is 5.53. The van der Waals surface area contributed by atoms with Gasteiger partial charge in [-0.3, -0.25) is 4.79 Å². The maximum Gasteiger partial charge on any atom is 0.240 e. The van der Waals surface area contributed by atoms with Crippen molar-refractivity contribution in [2.75, 3.05) is 0 Å². The molecule has 1 aromatic rings. The number of aryl methyl sites for hydroxylation is 1. The SMILES string of the molecule is Cc1ccc(C(C)NC(=O)C2(N)CCCC(C)C2)o1. The van der Waals surface area contributed by atoms with E-state index in [2.05, 4.69) is 12.2 Å². The van der Waals surface area contributed by atoms with Crippen molar-refractivity contribution in [3.05, 3.63) is 23.7 Å². The molecular formula is C15H24N2O2. The number of hydrogen-bond donors (Lipinski definition) is 2. The van der Waals surface area contributed by atoms with Crippen molar-refractivity contribution in [2.45, 2.75) is 58.0 Å². The molecular weight excluding hydrogens is 240 g/mol. The van der Waals surface area contributed by atoms with E-state index < -0.39 is 5.54 Å². The van der Waals surface area contributed by atoms with Gasteiger partial charge in [-0.1, -0.05) is 19.8 Å². The second kappa shape index (κ2) is 5.37. The van der Waals surface area contributed by atoms with Gasteiger partial charge in [0.15, 0.2) is 0 Å². The molecule has 19 heavy (non-hydrogen) atoms. The molecule has 4 heteroatoms. The van der Waals surface area contributed by atoms with Crippen LogP contribution in [0.15, 0.2) is 16.5 Å². The number of carbonyl (C=O) groups excluding carboxylic acids is 1. The molecule has 3 N–H and O–H groups in total. The third-order valence-electron chi connectivity index (χ3n) is 4.02. The fourth-order valence-electron chi connectivity index (χ4n) is 2.90. The lowest BCUT2D eigenvalue weighted by Crippen LogP contribution is -2.56. The summed E-state index contributed by atoms with van der Waals surface area (Å²) in [7, 11) is 0. The fourth-order valence-corrected chi connectivity index (χ4v) is 2.90. The average Bonchev–Trinajstić information content (AvgIpc) is 2.75. The van der Waals surface area contributed by atoms with Crippen LogP contribution in [0.1, 0.15) is 57.1 Å². The summed E-state index contributed by atoms with van der Waals surface area (Å²) in [6.07, 6.45) is 3.73. The number of rotatable bonds is 3. The minimum absolute atomic E-state index is 0.0550. The molecule has 0 aliphatic heterocycles. The molecule has 1 aliphatic rings. The van der Waals surface area contributed by atoms with Crippen LogP contribution in [0.5, 0.6) is 0 Å². The Labute approximate surface area is 114 Å². The molecule has 106 valence electrons. The average molecular weight is 264 g/mol. The first-order valence-corrected chi connectivity index (χ1v) is 7.07. The lowest BCUT2D eigenvalue weighted by atomic mass is 9.76. The molecule has 1 heterocycles. The van der Waals surface area contributed by atoms with Crippen LogP contribution in [-0.4, -0.2) is 11.4 Å². The Morgan fingerprint density at radius 1 is 1.58 bits per heavy atom. The van der Waals surface area contributed by atoms with Gasteiger partial charge in [0.2, 0.25) is 5.91 Å². The van der Waals surface area contributed by atoms with Crippen LogP contribution < -0.4 is 11.1 Å². The largest absolute Gasteiger partial charge is 0.464 e. The number of hydrogen-bond acceptors (Lipinski definition) is 3. The summed E-state index contributed by atoms with van der Waals surface area (Å²) in [6.45, 7) is 5.98. The van der Waals surface area contributed by atoms with Gasteiger partial charge in [0.05, 0.1) is 11.6 Å². The maximum absolute atomic E-state index is 12.4. The van der Waals surface area contributed by atoms with Gasteiger partial charge in [0.25, 0.3) is 0 Å². The molecule has 3 unspecified atom stereocenters. The lowest BCUT2D eigenvalue weighted by Gasteiger charge is -2.36. The van der Waals surface area contributed by atoms with E-state index >= 15 is 0 Å². The number of furan rings is 1. The zero-order chi connectivity index (χ0) is 14.0.